The van der Waals surface area contributed by atoms with Gasteiger partial charge in [-0.05, 0) is 76.7 Å². The molecule has 2 aromatic rings. The summed E-state index contributed by atoms with van der Waals surface area (Å²) in [6, 6.07) is 10.9. The van der Waals surface area contributed by atoms with E-state index >= 15 is 0 Å². The SMILES string of the molecule is CCOC(=O)c1ccc(NC(=O)COc2ccc(C(C)(C)C)cc2Br)c(C)c1. The number of aryl methyl sites for hydroxylation is 1. The molecular formula is C22H26BrNO4. The molecule has 0 spiro atoms. The Kier molecular flexibility index (Phi) is 7.24. The topological polar surface area (TPSA) is 64.6 Å². The van der Waals surface area contributed by atoms with Gasteiger partial charge in [0, 0.05) is 5.69 Å². The number of ether oxygens (including phenoxy) is 2. The maximum atomic E-state index is 12.3. The summed E-state index contributed by atoms with van der Waals surface area (Å²) in [5, 5.41) is 2.80. The van der Waals surface area contributed by atoms with Crippen molar-refractivity contribution >= 4 is 33.5 Å². The average Bonchev–Trinajstić information content (AvgIpc) is 2.61. The van der Waals surface area contributed by atoms with Crippen molar-refractivity contribution in [2.75, 3.05) is 18.5 Å². The van der Waals surface area contributed by atoms with Crippen LogP contribution in [0.2, 0.25) is 0 Å². The first kappa shape index (κ1) is 22.0. The molecule has 2 aromatic carbocycles. The second kappa shape index (κ2) is 9.24. The minimum Gasteiger partial charge on any atom is -0.483 e. The molecule has 1 amide bonds. The number of esters is 1. The molecule has 0 saturated carbocycles. The summed E-state index contributed by atoms with van der Waals surface area (Å²) in [4.78, 5) is 24.0. The van der Waals surface area contributed by atoms with Crippen molar-refractivity contribution in [3.8, 4) is 5.75 Å². The van der Waals surface area contributed by atoms with E-state index in [0.717, 1.165) is 10.0 Å². The van der Waals surface area contributed by atoms with Gasteiger partial charge in [-0.15, -0.1) is 0 Å². The van der Waals surface area contributed by atoms with Gasteiger partial charge in [-0.3, -0.25) is 4.79 Å². The van der Waals surface area contributed by atoms with E-state index < -0.39 is 0 Å². The summed E-state index contributed by atoms with van der Waals surface area (Å²) in [5.74, 6) is -0.0494. The van der Waals surface area contributed by atoms with Gasteiger partial charge >= 0.3 is 5.97 Å². The molecule has 0 aromatic heterocycles. The number of hydrogen-bond acceptors (Lipinski definition) is 4. The Balaban J connectivity index is 1.98. The Morgan fingerprint density at radius 3 is 2.39 bits per heavy atom. The molecule has 5 nitrogen and oxygen atoms in total. The molecule has 2 rings (SSSR count). The van der Waals surface area contributed by atoms with Crippen LogP contribution >= 0.6 is 15.9 Å². The maximum Gasteiger partial charge on any atom is 0.338 e. The predicted molar refractivity (Wildman–Crippen MR) is 114 cm³/mol. The van der Waals surface area contributed by atoms with Crippen molar-refractivity contribution < 1.29 is 19.1 Å². The summed E-state index contributed by atoms with van der Waals surface area (Å²) < 4.78 is 11.4. The highest BCUT2D eigenvalue weighted by molar-refractivity contribution is 9.10. The van der Waals surface area contributed by atoms with E-state index in [4.69, 9.17) is 9.47 Å². The van der Waals surface area contributed by atoms with Crippen LogP contribution in [-0.2, 0) is 14.9 Å². The number of nitrogens with one attached hydrogen (secondary N) is 1. The highest BCUT2D eigenvalue weighted by atomic mass is 79.9. The van der Waals surface area contributed by atoms with Gasteiger partial charge in [0.2, 0.25) is 0 Å². The van der Waals surface area contributed by atoms with E-state index in [1.54, 1.807) is 25.1 Å². The first-order valence-corrected chi connectivity index (χ1v) is 9.91. The zero-order chi connectivity index (χ0) is 20.9. The van der Waals surface area contributed by atoms with Crippen LogP contribution in [0.1, 0.15) is 49.2 Å². The molecule has 0 unspecified atom stereocenters. The molecule has 0 heterocycles. The lowest BCUT2D eigenvalue weighted by Crippen LogP contribution is -2.21. The van der Waals surface area contributed by atoms with Gasteiger partial charge in [0.05, 0.1) is 16.6 Å². The number of benzene rings is 2. The first-order chi connectivity index (χ1) is 13.1. The van der Waals surface area contributed by atoms with Crippen molar-refractivity contribution in [2.24, 2.45) is 0 Å². The molecular weight excluding hydrogens is 422 g/mol. The zero-order valence-electron chi connectivity index (χ0n) is 16.9. The largest absolute Gasteiger partial charge is 0.483 e. The molecule has 1 N–H and O–H groups in total. The molecule has 150 valence electrons. The zero-order valence-corrected chi connectivity index (χ0v) is 18.5. The lowest BCUT2D eigenvalue weighted by atomic mass is 9.87. The Bertz CT molecular complexity index is 871. The summed E-state index contributed by atoms with van der Waals surface area (Å²) in [7, 11) is 0. The van der Waals surface area contributed by atoms with Crippen molar-refractivity contribution in [3.05, 3.63) is 57.6 Å². The quantitative estimate of drug-likeness (QED) is 0.614. The maximum absolute atomic E-state index is 12.3. The lowest BCUT2D eigenvalue weighted by molar-refractivity contribution is -0.118. The van der Waals surface area contributed by atoms with E-state index in [0.29, 0.717) is 23.6 Å². The fourth-order valence-corrected chi connectivity index (χ4v) is 3.05. The number of carbonyl (C=O) groups excluding carboxylic acids is 2. The monoisotopic (exact) mass is 447 g/mol. The average molecular weight is 448 g/mol. The number of amides is 1. The van der Waals surface area contributed by atoms with Crippen molar-refractivity contribution in [2.45, 2.75) is 40.0 Å². The Labute approximate surface area is 174 Å². The molecule has 0 bridgehead atoms. The summed E-state index contributed by atoms with van der Waals surface area (Å²) in [6.45, 7) is 10.2. The molecule has 28 heavy (non-hydrogen) atoms. The van der Waals surface area contributed by atoms with Crippen LogP contribution < -0.4 is 10.1 Å². The number of halogens is 1. The number of anilines is 1. The van der Waals surface area contributed by atoms with Crippen molar-refractivity contribution in [3.63, 3.8) is 0 Å². The highest BCUT2D eigenvalue weighted by Crippen LogP contribution is 2.31. The van der Waals surface area contributed by atoms with Crippen molar-refractivity contribution in [1.82, 2.24) is 0 Å². The molecule has 0 saturated heterocycles. The van der Waals surface area contributed by atoms with E-state index in [1.807, 2.05) is 25.1 Å². The van der Waals surface area contributed by atoms with Crippen LogP contribution in [-0.4, -0.2) is 25.1 Å². The van der Waals surface area contributed by atoms with Gasteiger partial charge in [-0.25, -0.2) is 4.79 Å². The summed E-state index contributed by atoms with van der Waals surface area (Å²) in [5.41, 5.74) is 3.06. The number of hydrogen-bond donors (Lipinski definition) is 1. The van der Waals surface area contributed by atoms with Gasteiger partial charge < -0.3 is 14.8 Å². The highest BCUT2D eigenvalue weighted by Gasteiger charge is 2.16. The number of carbonyl (C=O) groups is 2. The van der Waals surface area contributed by atoms with Crippen LogP contribution in [0.3, 0.4) is 0 Å². The first-order valence-electron chi connectivity index (χ1n) is 9.12. The molecule has 0 aliphatic carbocycles. The Hall–Kier alpha value is -2.34. The van der Waals surface area contributed by atoms with Crippen LogP contribution in [0.25, 0.3) is 0 Å². The molecule has 6 heteroatoms. The van der Waals surface area contributed by atoms with Crippen LogP contribution in [0.5, 0.6) is 5.75 Å². The summed E-state index contributed by atoms with van der Waals surface area (Å²) >= 11 is 3.50. The fourth-order valence-electron chi connectivity index (χ4n) is 2.56. The molecule has 0 aliphatic rings. The van der Waals surface area contributed by atoms with Gasteiger partial charge in [0.15, 0.2) is 6.61 Å². The van der Waals surface area contributed by atoms with Gasteiger partial charge in [0.1, 0.15) is 5.75 Å². The predicted octanol–water partition coefficient (Wildman–Crippen LogP) is 5.25. The summed E-state index contributed by atoms with van der Waals surface area (Å²) in [6.07, 6.45) is 0. The van der Waals surface area contributed by atoms with Gasteiger partial charge in [-0.1, -0.05) is 26.8 Å². The van der Waals surface area contributed by atoms with E-state index in [-0.39, 0.29) is 23.9 Å². The van der Waals surface area contributed by atoms with E-state index in [9.17, 15) is 9.59 Å². The van der Waals surface area contributed by atoms with Gasteiger partial charge in [0.25, 0.3) is 5.91 Å². The Morgan fingerprint density at radius 1 is 1.11 bits per heavy atom. The standard InChI is InChI=1S/C22H26BrNO4/c1-6-27-21(26)15-7-9-18(14(2)11-15)24-20(25)13-28-19-10-8-16(12-17(19)23)22(3,4)5/h7-12H,6,13H2,1-5H3,(H,24,25). The third kappa shape index (κ3) is 5.83. The third-order valence-electron chi connectivity index (χ3n) is 4.17. The minimum absolute atomic E-state index is 0.0334. The molecule has 0 radical (unpaired) electrons. The minimum atomic E-state index is -0.379. The van der Waals surface area contributed by atoms with Crippen LogP contribution in [0.4, 0.5) is 5.69 Å². The fraction of sp³-hybridized carbons (Fsp3) is 0.364. The van der Waals surface area contributed by atoms with Crippen molar-refractivity contribution in [1.29, 1.82) is 0 Å². The van der Waals surface area contributed by atoms with E-state index in [2.05, 4.69) is 42.0 Å². The van der Waals surface area contributed by atoms with Crippen LogP contribution in [0.15, 0.2) is 40.9 Å². The smallest absolute Gasteiger partial charge is 0.338 e. The second-order valence-electron chi connectivity index (χ2n) is 7.48. The van der Waals surface area contributed by atoms with E-state index in [1.165, 1.54) is 5.56 Å². The Morgan fingerprint density at radius 2 is 1.82 bits per heavy atom. The molecule has 0 atom stereocenters. The number of rotatable bonds is 6. The molecule has 0 aliphatic heterocycles. The molecule has 0 fully saturated rings. The third-order valence-corrected chi connectivity index (χ3v) is 4.79. The van der Waals surface area contributed by atoms with Gasteiger partial charge in [-0.2, -0.15) is 0 Å². The second-order valence-corrected chi connectivity index (χ2v) is 8.34. The normalized spacial score (nSPS) is 11.1. The lowest BCUT2D eigenvalue weighted by Gasteiger charge is -2.20. The van der Waals surface area contributed by atoms with Crippen LogP contribution in [0, 0.1) is 6.92 Å².